The number of para-hydroxylation sites is 1. The van der Waals surface area contributed by atoms with E-state index >= 15 is 0 Å². The Balaban J connectivity index is 0.000001000. The van der Waals surface area contributed by atoms with Gasteiger partial charge in [-0.1, -0.05) is 18.2 Å². The van der Waals surface area contributed by atoms with E-state index in [1.54, 1.807) is 30.3 Å². The maximum Gasteiger partial charge on any atom is 1.00 e. The molecule has 0 fully saturated rings. The Hall–Kier alpha value is -1.06. The molecule has 0 heterocycles. The van der Waals surface area contributed by atoms with Crippen molar-refractivity contribution >= 4 is 5.69 Å². The molecule has 1 aromatic carbocycles. The van der Waals surface area contributed by atoms with Crippen LogP contribution in [-0.2, 0) is 17.1 Å². The van der Waals surface area contributed by atoms with Crippen molar-refractivity contribution in [1.29, 1.82) is 0 Å². The molecular weight excluding hydrogens is 196 g/mol. The molecule has 4 nitrogen and oxygen atoms in total. The molecule has 0 aliphatic heterocycles. The van der Waals surface area contributed by atoms with Gasteiger partial charge in [-0.3, -0.25) is 0 Å². The third-order valence-electron chi connectivity index (χ3n) is 1.06. The summed E-state index contributed by atoms with van der Waals surface area (Å²) in [6, 6.07) is 8.24. The van der Waals surface area contributed by atoms with Crippen LogP contribution in [0.5, 0.6) is 0 Å². The van der Waals surface area contributed by atoms with E-state index < -0.39 is 0 Å². The minimum Gasteiger partial charge on any atom is -0.592 e. The van der Waals surface area contributed by atoms with Gasteiger partial charge in [0, 0.05) is 12.1 Å². The van der Waals surface area contributed by atoms with Crippen LogP contribution in [0.1, 0.15) is 0 Å². The normalized spacial score (nSPS) is 10.4. The van der Waals surface area contributed by atoms with Crippen LogP contribution in [0.15, 0.2) is 35.6 Å². The van der Waals surface area contributed by atoms with E-state index in [0.717, 1.165) is 0 Å². The smallest absolute Gasteiger partial charge is 0.592 e. The Kier molecular flexibility index (Phi) is 4.25. The van der Waals surface area contributed by atoms with Gasteiger partial charge in [-0.2, -0.15) is 0 Å². The van der Waals surface area contributed by atoms with Crippen molar-refractivity contribution in [3.05, 3.63) is 35.5 Å². The van der Waals surface area contributed by atoms with Gasteiger partial charge < -0.3 is 10.4 Å². The van der Waals surface area contributed by atoms with Crippen molar-refractivity contribution in [3.8, 4) is 0 Å². The summed E-state index contributed by atoms with van der Waals surface area (Å²) in [5, 5.41) is 21.0. The summed E-state index contributed by atoms with van der Waals surface area (Å²) in [7, 11) is 0. The quantitative estimate of drug-likeness (QED) is 0.325. The van der Waals surface area contributed by atoms with Crippen molar-refractivity contribution in [1.82, 2.24) is 0 Å². The van der Waals surface area contributed by atoms with Gasteiger partial charge in [-0.25, -0.2) is 0 Å². The van der Waals surface area contributed by atoms with E-state index in [4.69, 9.17) is 5.21 Å². The van der Waals surface area contributed by atoms with Crippen LogP contribution >= 0.6 is 0 Å². The molecule has 0 saturated heterocycles. The Morgan fingerprint density at radius 2 is 1.82 bits per heavy atom. The number of nitrogens with zero attached hydrogens (tertiary/aromatic N) is 2. The largest absolute Gasteiger partial charge is 1.00 e. The van der Waals surface area contributed by atoms with E-state index in [-0.39, 0.29) is 21.9 Å². The third kappa shape index (κ3) is 2.57. The average molecular weight is 202 g/mol. The van der Waals surface area contributed by atoms with Crippen LogP contribution < -0.4 is 0 Å². The van der Waals surface area contributed by atoms with Gasteiger partial charge in [0.15, 0.2) is 0 Å². The maximum absolute atomic E-state index is 10.5. The molecule has 0 aromatic heterocycles. The fourth-order valence-electron chi connectivity index (χ4n) is 0.607. The van der Waals surface area contributed by atoms with Gasteiger partial charge in [0.1, 0.15) is 0 Å². The van der Waals surface area contributed by atoms with Crippen LogP contribution in [-0.4, -0.2) is 10.1 Å². The van der Waals surface area contributed by atoms with E-state index in [1.807, 2.05) is 0 Å². The average Bonchev–Trinajstić information content (AvgIpc) is 2.05. The molecule has 0 atom stereocenters. The van der Waals surface area contributed by atoms with Crippen LogP contribution in [0.4, 0.5) is 5.69 Å². The zero-order valence-corrected chi connectivity index (χ0v) is 6.38. The summed E-state index contributed by atoms with van der Waals surface area (Å²) in [5.74, 6) is 0. The molecule has 62 valence electrons. The molecule has 0 amide bonds. The molecule has 0 spiro atoms. The molecule has 0 aliphatic carbocycles. The molecule has 5 heteroatoms. The molecule has 1 N–H and O–H groups in total. The first kappa shape index (κ1) is 9.94. The molecule has 0 saturated carbocycles. The standard InChI is InChI=1S/C6H6N2O2.Cu/c9-7-8(10)6-4-2-1-3-5-6;/h1-5,9H;/q;+1/b8-7-;. The van der Waals surface area contributed by atoms with Crippen LogP contribution in [0.3, 0.4) is 0 Å². The van der Waals surface area contributed by atoms with Crippen molar-refractivity contribution in [2.45, 2.75) is 0 Å². The number of hydrogen-bond donors (Lipinski definition) is 1. The molecule has 0 unspecified atom stereocenters. The van der Waals surface area contributed by atoms with Crippen LogP contribution in [0.2, 0.25) is 0 Å². The summed E-state index contributed by atoms with van der Waals surface area (Å²) >= 11 is 0. The molecule has 1 rings (SSSR count). The Morgan fingerprint density at radius 3 is 2.27 bits per heavy atom. The van der Waals surface area contributed by atoms with E-state index in [2.05, 4.69) is 5.28 Å². The van der Waals surface area contributed by atoms with Crippen LogP contribution in [0.25, 0.3) is 0 Å². The Labute approximate surface area is 74.2 Å². The minimum absolute atomic E-state index is 0. The SMILES string of the molecule is [Cu+].[O-]/[N+](=N\O)c1ccccc1. The van der Waals surface area contributed by atoms with Crippen molar-refractivity contribution in [3.63, 3.8) is 0 Å². The Bertz CT molecular complexity index is 238. The van der Waals surface area contributed by atoms with Gasteiger partial charge in [0.2, 0.25) is 11.0 Å². The fourth-order valence-corrected chi connectivity index (χ4v) is 0.607. The van der Waals surface area contributed by atoms with Gasteiger partial charge >= 0.3 is 17.1 Å². The predicted octanol–water partition coefficient (Wildman–Crippen LogP) is 1.67. The second kappa shape index (κ2) is 4.71. The summed E-state index contributed by atoms with van der Waals surface area (Å²) in [5.41, 5.74) is 0.310. The predicted molar refractivity (Wildman–Crippen MR) is 33.9 cm³/mol. The van der Waals surface area contributed by atoms with Crippen molar-refractivity contribution < 1.29 is 27.1 Å². The molecule has 11 heavy (non-hydrogen) atoms. The number of benzene rings is 1. The van der Waals surface area contributed by atoms with Crippen LogP contribution in [0, 0.1) is 5.21 Å². The monoisotopic (exact) mass is 201 g/mol. The first-order chi connectivity index (χ1) is 4.84. The van der Waals surface area contributed by atoms with Gasteiger partial charge in [0.05, 0.1) is 0 Å². The first-order valence-electron chi connectivity index (χ1n) is 2.72. The third-order valence-corrected chi connectivity index (χ3v) is 1.06. The van der Waals surface area contributed by atoms with Gasteiger partial charge in [-0.05, 0) is 4.86 Å². The molecule has 0 bridgehead atoms. The zero-order chi connectivity index (χ0) is 7.40. The molecule has 0 aliphatic rings. The molecule has 1 aromatic rings. The fraction of sp³-hybridized carbons (Fsp3) is 0. The Morgan fingerprint density at radius 1 is 1.27 bits per heavy atom. The second-order valence-electron chi connectivity index (χ2n) is 1.70. The zero-order valence-electron chi connectivity index (χ0n) is 5.44. The van der Waals surface area contributed by atoms with Gasteiger partial charge in [0.25, 0.3) is 0 Å². The molecule has 0 radical (unpaired) electrons. The first-order valence-corrected chi connectivity index (χ1v) is 2.72. The van der Waals surface area contributed by atoms with Crippen molar-refractivity contribution in [2.75, 3.05) is 0 Å². The van der Waals surface area contributed by atoms with Crippen molar-refractivity contribution in [2.24, 2.45) is 5.28 Å². The van der Waals surface area contributed by atoms with E-state index in [9.17, 15) is 5.21 Å². The van der Waals surface area contributed by atoms with E-state index in [1.165, 1.54) is 0 Å². The summed E-state index contributed by atoms with van der Waals surface area (Å²) < 4.78 is 0. The summed E-state index contributed by atoms with van der Waals surface area (Å²) in [6.07, 6.45) is 0. The van der Waals surface area contributed by atoms with E-state index in [0.29, 0.717) is 5.69 Å². The minimum atomic E-state index is 0. The van der Waals surface area contributed by atoms with Gasteiger partial charge in [-0.15, -0.1) is 0 Å². The second-order valence-corrected chi connectivity index (χ2v) is 1.70. The number of hydrogen-bond acceptors (Lipinski definition) is 2. The number of rotatable bonds is 1. The summed E-state index contributed by atoms with van der Waals surface area (Å²) in [6.45, 7) is 0. The topological polar surface area (TPSA) is 58.7 Å². The molecular formula is C6H6CuN2O2+. The maximum atomic E-state index is 10.5. The summed E-state index contributed by atoms with van der Waals surface area (Å²) in [4.78, 5) is 0.139.